The molecule has 0 aromatic carbocycles. The van der Waals surface area contributed by atoms with Crippen LogP contribution < -0.4 is 0 Å². The van der Waals surface area contributed by atoms with Gasteiger partial charge in [0, 0.05) is 0 Å². The van der Waals surface area contributed by atoms with Crippen molar-refractivity contribution in [3.63, 3.8) is 0 Å². The number of carbonyl (C=O) groups is 1. The third-order valence-corrected chi connectivity index (χ3v) is 0.894. The number of esters is 1. The van der Waals surface area contributed by atoms with Crippen LogP contribution in [-0.4, -0.2) is 19.7 Å². The molecule has 0 heterocycles. The molecule has 0 bridgehead atoms. The number of hydrogen-bond acceptors (Lipinski definition) is 3. The first-order valence-corrected chi connectivity index (χ1v) is 3.09. The molecule has 0 saturated heterocycles. The topological polar surface area (TPSA) is 35.5 Å². The Bertz CT molecular complexity index is 138. The summed E-state index contributed by atoms with van der Waals surface area (Å²) >= 11 is 0. The van der Waals surface area contributed by atoms with E-state index in [0.717, 1.165) is 0 Å². The Labute approximate surface area is 60.6 Å². The zero-order chi connectivity index (χ0) is 7.98. The molecule has 0 saturated carbocycles. The van der Waals surface area contributed by atoms with Gasteiger partial charge in [0.1, 0.15) is 5.76 Å². The molecular formula is C7H12O3. The number of methoxy groups -OCH3 is 1. The summed E-state index contributed by atoms with van der Waals surface area (Å²) in [6.45, 7) is 4.13. The zero-order valence-corrected chi connectivity index (χ0v) is 6.51. The molecule has 0 aliphatic heterocycles. The van der Waals surface area contributed by atoms with Crippen LogP contribution in [0.1, 0.15) is 13.8 Å². The molecule has 0 aliphatic rings. The molecule has 0 aromatic rings. The van der Waals surface area contributed by atoms with Crippen LogP contribution in [0.3, 0.4) is 0 Å². The van der Waals surface area contributed by atoms with Gasteiger partial charge in [0.2, 0.25) is 0 Å². The van der Waals surface area contributed by atoms with E-state index in [0.29, 0.717) is 12.4 Å². The van der Waals surface area contributed by atoms with E-state index >= 15 is 0 Å². The first kappa shape index (κ1) is 9.01. The Kier molecular flexibility index (Phi) is 4.37. The van der Waals surface area contributed by atoms with Crippen molar-refractivity contribution in [1.82, 2.24) is 0 Å². The van der Waals surface area contributed by atoms with E-state index < -0.39 is 0 Å². The van der Waals surface area contributed by atoms with Crippen LogP contribution >= 0.6 is 0 Å². The molecule has 3 nitrogen and oxygen atoms in total. The van der Waals surface area contributed by atoms with Gasteiger partial charge in [-0.15, -0.1) is 0 Å². The normalized spacial score (nSPS) is 10.9. The van der Waals surface area contributed by atoms with Crippen LogP contribution in [0, 0.1) is 0 Å². The van der Waals surface area contributed by atoms with Crippen molar-refractivity contribution in [3.05, 3.63) is 11.8 Å². The van der Waals surface area contributed by atoms with E-state index in [2.05, 4.69) is 4.74 Å². The van der Waals surface area contributed by atoms with Crippen molar-refractivity contribution in [3.8, 4) is 0 Å². The first-order valence-electron chi connectivity index (χ1n) is 3.09. The van der Waals surface area contributed by atoms with Crippen molar-refractivity contribution >= 4 is 5.97 Å². The van der Waals surface area contributed by atoms with E-state index in [1.165, 1.54) is 13.2 Å². The van der Waals surface area contributed by atoms with Crippen molar-refractivity contribution in [2.45, 2.75) is 13.8 Å². The van der Waals surface area contributed by atoms with Gasteiger partial charge in [0.15, 0.2) is 0 Å². The van der Waals surface area contributed by atoms with Crippen LogP contribution in [0.2, 0.25) is 0 Å². The minimum atomic E-state index is -0.383. The molecule has 3 heteroatoms. The second kappa shape index (κ2) is 4.85. The molecule has 0 spiro atoms. The van der Waals surface area contributed by atoms with Gasteiger partial charge in [-0.25, -0.2) is 4.79 Å². The molecule has 0 fully saturated rings. The fourth-order valence-corrected chi connectivity index (χ4v) is 0.494. The lowest BCUT2D eigenvalue weighted by Crippen LogP contribution is -1.97. The summed E-state index contributed by atoms with van der Waals surface area (Å²) in [7, 11) is 1.33. The smallest absolute Gasteiger partial charge is 0.333 e. The molecule has 0 unspecified atom stereocenters. The summed E-state index contributed by atoms with van der Waals surface area (Å²) < 4.78 is 9.35. The van der Waals surface area contributed by atoms with Crippen molar-refractivity contribution in [2.75, 3.05) is 13.7 Å². The maximum Gasteiger partial charge on any atom is 0.333 e. The molecule has 0 N–H and O–H groups in total. The Morgan fingerprint density at radius 1 is 1.60 bits per heavy atom. The highest BCUT2D eigenvalue weighted by atomic mass is 16.5. The average molecular weight is 144 g/mol. The lowest BCUT2D eigenvalue weighted by Gasteiger charge is -2.00. The van der Waals surface area contributed by atoms with Crippen molar-refractivity contribution in [1.29, 1.82) is 0 Å². The number of hydrogen-bond donors (Lipinski definition) is 0. The molecule has 0 aliphatic carbocycles. The minimum Gasteiger partial charge on any atom is -0.498 e. The zero-order valence-electron chi connectivity index (χ0n) is 6.51. The van der Waals surface area contributed by atoms with Crippen LogP contribution in [-0.2, 0) is 14.3 Å². The molecule has 0 radical (unpaired) electrons. The predicted octanol–water partition coefficient (Wildman–Crippen LogP) is 1.10. The van der Waals surface area contributed by atoms with E-state index in [-0.39, 0.29) is 5.97 Å². The fraction of sp³-hybridized carbons (Fsp3) is 0.571. The largest absolute Gasteiger partial charge is 0.498 e. The van der Waals surface area contributed by atoms with E-state index in [1.54, 1.807) is 6.92 Å². The highest BCUT2D eigenvalue weighted by molar-refractivity contribution is 5.82. The summed E-state index contributed by atoms with van der Waals surface area (Å²) in [5, 5.41) is 0. The Morgan fingerprint density at radius 3 is 2.60 bits per heavy atom. The fourth-order valence-electron chi connectivity index (χ4n) is 0.494. The van der Waals surface area contributed by atoms with E-state index in [1.807, 2.05) is 6.92 Å². The standard InChI is InChI=1S/C7H12O3/c1-4-10-6(2)5-7(8)9-3/h5H,4H2,1-3H3/b6-5-. The monoisotopic (exact) mass is 144 g/mol. The molecule has 0 amide bonds. The number of rotatable bonds is 3. The Balaban J connectivity index is 3.77. The van der Waals surface area contributed by atoms with E-state index in [9.17, 15) is 4.79 Å². The lowest BCUT2D eigenvalue weighted by molar-refractivity contribution is -0.135. The summed E-state index contributed by atoms with van der Waals surface area (Å²) in [6.07, 6.45) is 1.31. The van der Waals surface area contributed by atoms with Gasteiger partial charge in [0.05, 0.1) is 19.8 Å². The number of carbonyl (C=O) groups excluding carboxylic acids is 1. The SMILES string of the molecule is CCO/C(C)=C\C(=O)OC. The summed E-state index contributed by atoms with van der Waals surface area (Å²) in [5.74, 6) is 0.195. The molecule has 0 rings (SSSR count). The molecular weight excluding hydrogens is 132 g/mol. The van der Waals surface area contributed by atoms with Crippen molar-refractivity contribution < 1.29 is 14.3 Å². The third kappa shape index (κ3) is 3.95. The molecule has 10 heavy (non-hydrogen) atoms. The maximum atomic E-state index is 10.5. The van der Waals surface area contributed by atoms with Crippen LogP contribution in [0.5, 0.6) is 0 Å². The molecule has 0 atom stereocenters. The first-order chi connectivity index (χ1) is 4.70. The number of allylic oxidation sites excluding steroid dienone is 1. The number of ether oxygens (including phenoxy) is 2. The lowest BCUT2D eigenvalue weighted by atomic mass is 10.5. The third-order valence-electron chi connectivity index (χ3n) is 0.894. The average Bonchev–Trinajstić information content (AvgIpc) is 1.88. The minimum absolute atomic E-state index is 0.383. The second-order valence-corrected chi connectivity index (χ2v) is 1.71. The van der Waals surface area contributed by atoms with E-state index in [4.69, 9.17) is 4.74 Å². The van der Waals surface area contributed by atoms with Gasteiger partial charge in [-0.1, -0.05) is 0 Å². The van der Waals surface area contributed by atoms with Crippen LogP contribution in [0.4, 0.5) is 0 Å². The van der Waals surface area contributed by atoms with Gasteiger partial charge in [-0.3, -0.25) is 0 Å². The second-order valence-electron chi connectivity index (χ2n) is 1.71. The van der Waals surface area contributed by atoms with Crippen LogP contribution in [0.25, 0.3) is 0 Å². The predicted molar refractivity (Wildman–Crippen MR) is 37.4 cm³/mol. The van der Waals surface area contributed by atoms with Gasteiger partial charge < -0.3 is 9.47 Å². The highest BCUT2D eigenvalue weighted by Gasteiger charge is 1.94. The van der Waals surface area contributed by atoms with Gasteiger partial charge in [-0.2, -0.15) is 0 Å². The van der Waals surface area contributed by atoms with Gasteiger partial charge in [0.25, 0.3) is 0 Å². The Morgan fingerprint density at radius 2 is 2.20 bits per heavy atom. The molecule has 58 valence electrons. The van der Waals surface area contributed by atoms with Crippen LogP contribution in [0.15, 0.2) is 11.8 Å². The highest BCUT2D eigenvalue weighted by Crippen LogP contribution is 1.94. The quantitative estimate of drug-likeness (QED) is 0.338. The molecule has 0 aromatic heterocycles. The van der Waals surface area contributed by atoms with Gasteiger partial charge in [-0.05, 0) is 13.8 Å². The summed E-state index contributed by atoms with van der Waals surface area (Å²) in [4.78, 5) is 10.5. The Hall–Kier alpha value is -0.990. The summed E-state index contributed by atoms with van der Waals surface area (Å²) in [5.41, 5.74) is 0. The summed E-state index contributed by atoms with van der Waals surface area (Å²) in [6, 6.07) is 0. The maximum absolute atomic E-state index is 10.5. The van der Waals surface area contributed by atoms with Crippen molar-refractivity contribution in [2.24, 2.45) is 0 Å². The van der Waals surface area contributed by atoms with Gasteiger partial charge >= 0.3 is 5.97 Å².